The van der Waals surface area contributed by atoms with Gasteiger partial charge in [0.15, 0.2) is 0 Å². The van der Waals surface area contributed by atoms with Gasteiger partial charge >= 0.3 is 0 Å². The molecule has 2 rings (SSSR count). The first-order valence-electron chi connectivity index (χ1n) is 7.67. The minimum absolute atomic E-state index is 0.240. The number of carbonyl (C=O) groups is 2. The Kier molecular flexibility index (Phi) is 5.16. The molecule has 0 aromatic heterocycles. The Hall–Kier alpha value is -2.62. The molecule has 0 fully saturated rings. The fraction of sp³-hybridized carbons (Fsp3) is 0.263. The SMILES string of the molecule is CCc1ccc(C(=O)NN(C)C(=O)c2cc(C)cc(C)c2)cc1. The minimum atomic E-state index is -0.298. The van der Waals surface area contributed by atoms with E-state index in [1.165, 1.54) is 10.6 Å². The molecular weight excluding hydrogens is 288 g/mol. The van der Waals surface area contributed by atoms with Gasteiger partial charge in [0, 0.05) is 18.2 Å². The van der Waals surface area contributed by atoms with E-state index >= 15 is 0 Å². The van der Waals surface area contributed by atoms with E-state index in [-0.39, 0.29) is 11.8 Å². The van der Waals surface area contributed by atoms with Gasteiger partial charge in [0.2, 0.25) is 0 Å². The monoisotopic (exact) mass is 310 g/mol. The lowest BCUT2D eigenvalue weighted by Gasteiger charge is -2.19. The van der Waals surface area contributed by atoms with E-state index in [1.54, 1.807) is 19.2 Å². The summed E-state index contributed by atoms with van der Waals surface area (Å²) in [6.07, 6.45) is 0.924. The molecule has 2 aromatic carbocycles. The predicted octanol–water partition coefficient (Wildman–Crippen LogP) is 3.28. The van der Waals surface area contributed by atoms with Gasteiger partial charge in [-0.15, -0.1) is 0 Å². The zero-order valence-corrected chi connectivity index (χ0v) is 14.0. The normalized spacial score (nSPS) is 10.3. The molecule has 0 aliphatic rings. The average Bonchev–Trinajstić information content (AvgIpc) is 2.53. The Morgan fingerprint density at radius 3 is 2.04 bits per heavy atom. The summed E-state index contributed by atoms with van der Waals surface area (Å²) in [5.74, 6) is -0.539. The summed E-state index contributed by atoms with van der Waals surface area (Å²) >= 11 is 0. The maximum Gasteiger partial charge on any atom is 0.272 e. The van der Waals surface area contributed by atoms with E-state index in [1.807, 2.05) is 44.2 Å². The Morgan fingerprint density at radius 2 is 1.52 bits per heavy atom. The van der Waals surface area contributed by atoms with Crippen LogP contribution in [0.2, 0.25) is 0 Å². The van der Waals surface area contributed by atoms with Crippen molar-refractivity contribution in [1.82, 2.24) is 10.4 Å². The second-order valence-corrected chi connectivity index (χ2v) is 5.73. The van der Waals surface area contributed by atoms with Crippen molar-refractivity contribution in [2.24, 2.45) is 0 Å². The predicted molar refractivity (Wildman–Crippen MR) is 91.3 cm³/mol. The van der Waals surface area contributed by atoms with Crippen LogP contribution in [0, 0.1) is 13.8 Å². The molecule has 0 saturated carbocycles. The topological polar surface area (TPSA) is 49.4 Å². The van der Waals surface area contributed by atoms with Gasteiger partial charge in [0.05, 0.1) is 0 Å². The van der Waals surface area contributed by atoms with Crippen LogP contribution < -0.4 is 5.43 Å². The van der Waals surface area contributed by atoms with Crippen LogP contribution >= 0.6 is 0 Å². The second kappa shape index (κ2) is 7.09. The Morgan fingerprint density at radius 1 is 0.957 bits per heavy atom. The number of hydrogen-bond acceptors (Lipinski definition) is 2. The van der Waals surface area contributed by atoms with E-state index in [0.29, 0.717) is 11.1 Å². The van der Waals surface area contributed by atoms with Crippen LogP contribution in [0.4, 0.5) is 0 Å². The quantitative estimate of drug-likeness (QED) is 0.885. The number of benzene rings is 2. The summed E-state index contributed by atoms with van der Waals surface area (Å²) in [6.45, 7) is 5.95. The summed E-state index contributed by atoms with van der Waals surface area (Å²) in [5.41, 5.74) is 6.91. The number of nitrogens with one attached hydrogen (secondary N) is 1. The van der Waals surface area contributed by atoms with Crippen molar-refractivity contribution in [3.63, 3.8) is 0 Å². The van der Waals surface area contributed by atoms with E-state index in [0.717, 1.165) is 17.5 Å². The number of hydrazine groups is 1. The maximum absolute atomic E-state index is 12.4. The van der Waals surface area contributed by atoms with E-state index in [9.17, 15) is 9.59 Å². The van der Waals surface area contributed by atoms with E-state index < -0.39 is 0 Å². The molecule has 0 atom stereocenters. The lowest BCUT2D eigenvalue weighted by Crippen LogP contribution is -2.43. The molecule has 0 heterocycles. The van der Waals surface area contributed by atoms with Crippen LogP contribution in [0.5, 0.6) is 0 Å². The fourth-order valence-corrected chi connectivity index (χ4v) is 2.45. The molecule has 0 spiro atoms. The largest absolute Gasteiger partial charge is 0.272 e. The third-order valence-electron chi connectivity index (χ3n) is 3.67. The molecule has 2 aromatic rings. The molecule has 0 bridgehead atoms. The number of aryl methyl sites for hydroxylation is 3. The first-order chi connectivity index (χ1) is 10.9. The maximum atomic E-state index is 12.4. The van der Waals surface area contributed by atoms with Crippen LogP contribution in [0.15, 0.2) is 42.5 Å². The Balaban J connectivity index is 2.09. The molecule has 4 heteroatoms. The number of amides is 2. The molecule has 0 unspecified atom stereocenters. The summed E-state index contributed by atoms with van der Waals surface area (Å²) in [7, 11) is 1.55. The number of carbonyl (C=O) groups excluding carboxylic acids is 2. The first-order valence-corrected chi connectivity index (χ1v) is 7.67. The van der Waals surface area contributed by atoms with Crippen LogP contribution in [0.25, 0.3) is 0 Å². The molecule has 1 N–H and O–H groups in total. The summed E-state index contributed by atoms with van der Waals surface area (Å²) < 4.78 is 0. The molecular formula is C19H22N2O2. The van der Waals surface area contributed by atoms with Gasteiger partial charge in [-0.1, -0.05) is 36.2 Å². The standard InChI is InChI=1S/C19H22N2O2/c1-5-15-6-8-16(9-7-15)18(22)20-21(4)19(23)17-11-13(2)10-14(3)12-17/h6-12H,5H2,1-4H3,(H,20,22). The van der Waals surface area contributed by atoms with Crippen molar-refractivity contribution in [3.8, 4) is 0 Å². The zero-order valence-electron chi connectivity index (χ0n) is 14.0. The molecule has 23 heavy (non-hydrogen) atoms. The summed E-state index contributed by atoms with van der Waals surface area (Å²) in [5, 5.41) is 1.23. The van der Waals surface area contributed by atoms with Crippen molar-refractivity contribution in [3.05, 3.63) is 70.3 Å². The minimum Gasteiger partial charge on any atom is -0.267 e. The first kappa shape index (κ1) is 16.7. The van der Waals surface area contributed by atoms with Crippen LogP contribution in [0.1, 0.15) is 44.3 Å². The van der Waals surface area contributed by atoms with Gasteiger partial charge in [0.25, 0.3) is 11.8 Å². The van der Waals surface area contributed by atoms with Crippen molar-refractivity contribution in [2.45, 2.75) is 27.2 Å². The van der Waals surface area contributed by atoms with Crippen LogP contribution in [-0.4, -0.2) is 23.9 Å². The van der Waals surface area contributed by atoms with Crippen LogP contribution in [0.3, 0.4) is 0 Å². The fourth-order valence-electron chi connectivity index (χ4n) is 2.45. The molecule has 0 aliphatic heterocycles. The van der Waals surface area contributed by atoms with Crippen molar-refractivity contribution in [2.75, 3.05) is 7.05 Å². The molecule has 4 nitrogen and oxygen atoms in total. The zero-order chi connectivity index (χ0) is 17.0. The lowest BCUT2D eigenvalue weighted by atomic mass is 10.1. The summed E-state index contributed by atoms with van der Waals surface area (Å²) in [4.78, 5) is 24.6. The molecule has 2 amide bonds. The van der Waals surface area contributed by atoms with Gasteiger partial charge in [-0.3, -0.25) is 20.0 Å². The highest BCUT2D eigenvalue weighted by molar-refractivity contribution is 5.99. The van der Waals surface area contributed by atoms with Gasteiger partial charge < -0.3 is 0 Å². The van der Waals surface area contributed by atoms with Crippen molar-refractivity contribution >= 4 is 11.8 Å². The highest BCUT2D eigenvalue weighted by atomic mass is 16.2. The third-order valence-corrected chi connectivity index (χ3v) is 3.67. The van der Waals surface area contributed by atoms with Crippen LogP contribution in [-0.2, 0) is 6.42 Å². The van der Waals surface area contributed by atoms with Gasteiger partial charge in [-0.25, -0.2) is 0 Å². The van der Waals surface area contributed by atoms with Crippen molar-refractivity contribution in [1.29, 1.82) is 0 Å². The van der Waals surface area contributed by atoms with E-state index in [4.69, 9.17) is 0 Å². The van der Waals surface area contributed by atoms with Crippen molar-refractivity contribution < 1.29 is 9.59 Å². The summed E-state index contributed by atoms with van der Waals surface area (Å²) in [6, 6.07) is 13.0. The lowest BCUT2D eigenvalue weighted by molar-refractivity contribution is 0.0636. The third kappa shape index (κ3) is 4.19. The Bertz CT molecular complexity index is 700. The molecule has 120 valence electrons. The number of hydrogen-bond donors (Lipinski definition) is 1. The van der Waals surface area contributed by atoms with E-state index in [2.05, 4.69) is 12.3 Å². The number of rotatable bonds is 3. The molecule has 0 aliphatic carbocycles. The smallest absolute Gasteiger partial charge is 0.267 e. The highest BCUT2D eigenvalue weighted by Gasteiger charge is 2.15. The molecule has 0 saturated heterocycles. The van der Waals surface area contributed by atoms with Gasteiger partial charge in [-0.05, 0) is 50.1 Å². The highest BCUT2D eigenvalue weighted by Crippen LogP contribution is 2.11. The second-order valence-electron chi connectivity index (χ2n) is 5.73. The Labute approximate surface area is 137 Å². The number of nitrogens with zero attached hydrogens (tertiary/aromatic N) is 1. The van der Waals surface area contributed by atoms with Gasteiger partial charge in [-0.2, -0.15) is 0 Å². The average molecular weight is 310 g/mol. The van der Waals surface area contributed by atoms with Gasteiger partial charge in [0.1, 0.15) is 0 Å². The molecule has 0 radical (unpaired) electrons.